The predicted octanol–water partition coefficient (Wildman–Crippen LogP) is 2.35. The summed E-state index contributed by atoms with van der Waals surface area (Å²) >= 11 is 1.68. The summed E-state index contributed by atoms with van der Waals surface area (Å²) in [6, 6.07) is 3.81. The molecule has 0 fully saturated rings. The Morgan fingerprint density at radius 1 is 1.67 bits per heavy atom. The molecule has 0 radical (unpaired) electrons. The van der Waals surface area contributed by atoms with Crippen LogP contribution in [-0.2, 0) is 6.54 Å². The molecule has 1 rings (SSSR count). The van der Waals surface area contributed by atoms with E-state index < -0.39 is 6.09 Å². The molecule has 1 heterocycles. The maximum Gasteiger partial charge on any atom is 0.404 e. The van der Waals surface area contributed by atoms with Crippen LogP contribution in [-0.4, -0.2) is 21.4 Å². The van der Waals surface area contributed by atoms with Crippen LogP contribution in [0.2, 0.25) is 0 Å². The first-order chi connectivity index (χ1) is 7.09. The highest BCUT2D eigenvalue weighted by molar-refractivity contribution is 8.00. The van der Waals surface area contributed by atoms with Crippen LogP contribution in [0, 0.1) is 0 Å². The quantitative estimate of drug-likeness (QED) is 0.774. The van der Waals surface area contributed by atoms with Gasteiger partial charge in [-0.15, -0.1) is 11.8 Å². The van der Waals surface area contributed by atoms with Crippen LogP contribution in [0.4, 0.5) is 4.79 Å². The topological polar surface area (TPSA) is 62.2 Å². The second-order valence-corrected chi connectivity index (χ2v) is 4.89. The molecule has 0 atom stereocenters. The maximum absolute atomic E-state index is 10.4. The molecule has 15 heavy (non-hydrogen) atoms. The minimum atomic E-state index is -1.03. The number of carboxylic acid groups (broad SMARTS) is 1. The predicted molar refractivity (Wildman–Crippen MR) is 60.1 cm³/mol. The Bertz CT molecular complexity index is 342. The van der Waals surface area contributed by atoms with E-state index in [2.05, 4.69) is 24.1 Å². The lowest BCUT2D eigenvalue weighted by atomic mass is 10.3. The van der Waals surface area contributed by atoms with E-state index in [1.165, 1.54) is 0 Å². The van der Waals surface area contributed by atoms with Gasteiger partial charge in [-0.2, -0.15) is 0 Å². The van der Waals surface area contributed by atoms with Gasteiger partial charge in [0.15, 0.2) is 0 Å². The number of amides is 1. The first-order valence-corrected chi connectivity index (χ1v) is 5.55. The molecule has 0 spiro atoms. The molecule has 0 aliphatic heterocycles. The number of rotatable bonds is 4. The number of carbonyl (C=O) groups is 1. The summed E-state index contributed by atoms with van der Waals surface area (Å²) in [4.78, 5) is 15.5. The number of nitrogens with zero attached hydrogens (tertiary/aromatic N) is 1. The second-order valence-electron chi connectivity index (χ2n) is 3.27. The molecule has 5 heteroatoms. The van der Waals surface area contributed by atoms with Crippen LogP contribution in [0.25, 0.3) is 0 Å². The molecule has 0 aromatic carbocycles. The average Bonchev–Trinajstić information content (AvgIpc) is 2.15. The van der Waals surface area contributed by atoms with E-state index in [1.54, 1.807) is 18.0 Å². The zero-order valence-electron chi connectivity index (χ0n) is 8.73. The monoisotopic (exact) mass is 226 g/mol. The smallest absolute Gasteiger partial charge is 0.404 e. The van der Waals surface area contributed by atoms with E-state index in [0.29, 0.717) is 5.25 Å². The van der Waals surface area contributed by atoms with Crippen LogP contribution in [0.1, 0.15) is 19.5 Å². The fraction of sp³-hybridized carbons (Fsp3) is 0.400. The molecule has 82 valence electrons. The van der Waals surface area contributed by atoms with Gasteiger partial charge in [0.2, 0.25) is 0 Å². The van der Waals surface area contributed by atoms with Crippen molar-refractivity contribution >= 4 is 17.9 Å². The first-order valence-electron chi connectivity index (χ1n) is 4.67. The van der Waals surface area contributed by atoms with Gasteiger partial charge in [0.05, 0.1) is 12.2 Å². The Hall–Kier alpha value is -1.23. The summed E-state index contributed by atoms with van der Waals surface area (Å²) in [5.41, 5.74) is 0.776. The van der Waals surface area contributed by atoms with Crippen LogP contribution >= 0.6 is 11.8 Å². The number of hydrogen-bond donors (Lipinski definition) is 2. The second kappa shape index (κ2) is 5.60. The maximum atomic E-state index is 10.4. The van der Waals surface area contributed by atoms with Crippen LogP contribution in [0.15, 0.2) is 23.2 Å². The molecule has 0 saturated heterocycles. The Morgan fingerprint density at radius 3 is 3.00 bits per heavy atom. The van der Waals surface area contributed by atoms with E-state index in [9.17, 15) is 4.79 Å². The van der Waals surface area contributed by atoms with Crippen molar-refractivity contribution in [3.8, 4) is 0 Å². The summed E-state index contributed by atoms with van der Waals surface area (Å²) in [6.45, 7) is 4.43. The number of aromatic nitrogens is 1. The standard InChI is InChI=1S/C10H14N2O2S/c1-7(2)15-9-4-3-5-11-8(9)6-12-10(13)14/h3-5,7,12H,6H2,1-2H3,(H,13,14). The molecule has 0 saturated carbocycles. The van der Waals surface area contributed by atoms with Crippen LogP contribution in [0.3, 0.4) is 0 Å². The Labute approximate surface area is 93.1 Å². The zero-order valence-corrected chi connectivity index (χ0v) is 9.54. The summed E-state index contributed by atoms with van der Waals surface area (Å²) in [7, 11) is 0. The van der Waals surface area contributed by atoms with E-state index in [0.717, 1.165) is 10.6 Å². The SMILES string of the molecule is CC(C)Sc1cccnc1CNC(=O)O. The van der Waals surface area contributed by atoms with E-state index >= 15 is 0 Å². The van der Waals surface area contributed by atoms with E-state index in [1.807, 2.05) is 12.1 Å². The van der Waals surface area contributed by atoms with E-state index in [-0.39, 0.29) is 6.54 Å². The molecular weight excluding hydrogens is 212 g/mol. The fourth-order valence-corrected chi connectivity index (χ4v) is 2.00. The van der Waals surface area contributed by atoms with Crippen molar-refractivity contribution in [2.24, 2.45) is 0 Å². The van der Waals surface area contributed by atoms with Crippen molar-refractivity contribution in [2.45, 2.75) is 30.5 Å². The lowest BCUT2D eigenvalue weighted by Gasteiger charge is -2.09. The van der Waals surface area contributed by atoms with Crippen molar-refractivity contribution in [1.29, 1.82) is 0 Å². The van der Waals surface area contributed by atoms with Crippen LogP contribution < -0.4 is 5.32 Å². The third kappa shape index (κ3) is 4.20. The normalized spacial score (nSPS) is 10.3. The minimum absolute atomic E-state index is 0.255. The van der Waals surface area contributed by atoms with Crippen molar-refractivity contribution < 1.29 is 9.90 Å². The van der Waals surface area contributed by atoms with Gasteiger partial charge in [0.25, 0.3) is 0 Å². The van der Waals surface area contributed by atoms with Gasteiger partial charge in [-0.05, 0) is 12.1 Å². The summed E-state index contributed by atoms with van der Waals surface area (Å²) in [5, 5.41) is 11.3. The number of thioether (sulfide) groups is 1. The largest absolute Gasteiger partial charge is 0.465 e. The lowest BCUT2D eigenvalue weighted by molar-refractivity contribution is 0.193. The first kappa shape index (κ1) is 11.8. The number of pyridine rings is 1. The van der Waals surface area contributed by atoms with Crippen molar-refractivity contribution in [3.05, 3.63) is 24.0 Å². The summed E-state index contributed by atoms with van der Waals surface area (Å²) in [5.74, 6) is 0. The highest BCUT2D eigenvalue weighted by atomic mass is 32.2. The van der Waals surface area contributed by atoms with Gasteiger partial charge in [-0.25, -0.2) is 4.79 Å². The van der Waals surface area contributed by atoms with Crippen molar-refractivity contribution in [3.63, 3.8) is 0 Å². The van der Waals surface area contributed by atoms with Crippen molar-refractivity contribution in [2.75, 3.05) is 0 Å². The summed E-state index contributed by atoms with van der Waals surface area (Å²) < 4.78 is 0. The molecule has 1 aromatic rings. The van der Waals surface area contributed by atoms with Crippen molar-refractivity contribution in [1.82, 2.24) is 10.3 Å². The van der Waals surface area contributed by atoms with Gasteiger partial charge >= 0.3 is 6.09 Å². The Balaban J connectivity index is 2.72. The Kier molecular flexibility index (Phi) is 4.42. The molecule has 4 nitrogen and oxygen atoms in total. The molecule has 1 aromatic heterocycles. The molecule has 0 aliphatic carbocycles. The molecular formula is C10H14N2O2S. The number of nitrogens with one attached hydrogen (secondary N) is 1. The average molecular weight is 226 g/mol. The number of hydrogen-bond acceptors (Lipinski definition) is 3. The highest BCUT2D eigenvalue weighted by Crippen LogP contribution is 2.24. The van der Waals surface area contributed by atoms with E-state index in [4.69, 9.17) is 5.11 Å². The fourth-order valence-electron chi connectivity index (χ4n) is 1.08. The molecule has 1 amide bonds. The lowest BCUT2D eigenvalue weighted by Crippen LogP contribution is -2.21. The zero-order chi connectivity index (χ0) is 11.3. The summed E-state index contributed by atoms with van der Waals surface area (Å²) in [6.07, 6.45) is 0.643. The van der Waals surface area contributed by atoms with Gasteiger partial charge in [-0.1, -0.05) is 13.8 Å². The van der Waals surface area contributed by atoms with Crippen LogP contribution in [0.5, 0.6) is 0 Å². The third-order valence-electron chi connectivity index (χ3n) is 1.62. The molecule has 0 bridgehead atoms. The highest BCUT2D eigenvalue weighted by Gasteiger charge is 2.06. The van der Waals surface area contributed by atoms with Gasteiger partial charge in [0, 0.05) is 16.3 Å². The molecule has 0 aliphatic rings. The molecule has 2 N–H and O–H groups in total. The van der Waals surface area contributed by atoms with Gasteiger partial charge in [-0.3, -0.25) is 4.98 Å². The molecule has 0 unspecified atom stereocenters. The third-order valence-corrected chi connectivity index (χ3v) is 2.72. The van der Waals surface area contributed by atoms with Gasteiger partial charge < -0.3 is 10.4 Å². The van der Waals surface area contributed by atoms with Gasteiger partial charge in [0.1, 0.15) is 0 Å². The Morgan fingerprint density at radius 2 is 2.40 bits per heavy atom. The minimum Gasteiger partial charge on any atom is -0.465 e.